The van der Waals surface area contributed by atoms with E-state index in [4.69, 9.17) is 5.84 Å². The number of para-hydroxylation sites is 1. The maximum atomic E-state index is 12.1. The Morgan fingerprint density at radius 3 is 2.90 bits per heavy atom. The van der Waals surface area contributed by atoms with Gasteiger partial charge in [-0.1, -0.05) is 27.8 Å². The number of hydrogen-bond acceptors (Lipinski definition) is 8. The lowest BCUT2D eigenvalue weighted by Crippen LogP contribution is -2.15. The van der Waals surface area contributed by atoms with Crippen molar-refractivity contribution in [3.05, 3.63) is 36.0 Å². The van der Waals surface area contributed by atoms with Crippen molar-refractivity contribution in [2.45, 2.75) is 0 Å². The number of hydrogen-bond donors (Lipinski definition) is 3. The normalized spacial score (nSPS) is 10.4. The van der Waals surface area contributed by atoms with Gasteiger partial charge in [0.25, 0.3) is 5.91 Å². The zero-order valence-electron chi connectivity index (χ0n) is 10.1. The minimum absolute atomic E-state index is 0.229. The van der Waals surface area contributed by atoms with E-state index in [-0.39, 0.29) is 5.69 Å². The second-order valence-electron chi connectivity index (χ2n) is 3.84. The van der Waals surface area contributed by atoms with Gasteiger partial charge >= 0.3 is 0 Å². The van der Waals surface area contributed by atoms with Crippen molar-refractivity contribution in [3.8, 4) is 0 Å². The summed E-state index contributed by atoms with van der Waals surface area (Å²) >= 11 is 0.987. The number of nitrogen functional groups attached to an aromatic ring is 1. The second kappa shape index (κ2) is 5.15. The first-order chi connectivity index (χ1) is 9.78. The number of carbonyl (C=O) groups excluding carboxylic acids is 1. The summed E-state index contributed by atoms with van der Waals surface area (Å²) < 4.78 is 3.57. The number of nitrogens with zero attached hydrogens (tertiary/aromatic N) is 4. The Morgan fingerprint density at radius 1 is 1.30 bits per heavy atom. The van der Waals surface area contributed by atoms with Gasteiger partial charge in [-0.3, -0.25) is 16.0 Å². The van der Waals surface area contributed by atoms with Gasteiger partial charge in [0.15, 0.2) is 0 Å². The van der Waals surface area contributed by atoms with Crippen LogP contribution in [0.1, 0.15) is 10.5 Å². The summed E-state index contributed by atoms with van der Waals surface area (Å²) in [6.07, 6.45) is 0. The number of anilines is 2. The Bertz CT molecular complexity index is 759. The van der Waals surface area contributed by atoms with Crippen LogP contribution in [0.15, 0.2) is 30.3 Å². The molecule has 0 aliphatic rings. The maximum Gasteiger partial charge on any atom is 0.276 e. The van der Waals surface area contributed by atoms with Gasteiger partial charge in [0.05, 0.1) is 11.2 Å². The fraction of sp³-hybridized carbons (Fsp3) is 0. The van der Waals surface area contributed by atoms with Crippen LogP contribution >= 0.6 is 11.5 Å². The van der Waals surface area contributed by atoms with Crippen LogP contribution < -0.4 is 16.6 Å². The van der Waals surface area contributed by atoms with Gasteiger partial charge in [-0.2, -0.15) is 0 Å². The van der Waals surface area contributed by atoms with Crippen molar-refractivity contribution in [1.29, 1.82) is 0 Å². The molecule has 3 rings (SSSR count). The number of fused-ring (bicyclic) bond motifs is 1. The largest absolute Gasteiger partial charge is 0.323 e. The van der Waals surface area contributed by atoms with Crippen molar-refractivity contribution >= 4 is 39.2 Å². The quantitative estimate of drug-likeness (QED) is 0.486. The lowest BCUT2D eigenvalue weighted by Gasteiger charge is -2.08. The smallest absolute Gasteiger partial charge is 0.276 e. The third-order valence-electron chi connectivity index (χ3n) is 2.62. The molecule has 1 amide bonds. The molecule has 0 atom stereocenters. The van der Waals surface area contributed by atoms with Gasteiger partial charge < -0.3 is 5.43 Å². The number of hydrazine groups is 1. The first kappa shape index (κ1) is 12.4. The zero-order chi connectivity index (χ0) is 13.9. The van der Waals surface area contributed by atoms with Crippen molar-refractivity contribution in [2.24, 2.45) is 5.84 Å². The van der Waals surface area contributed by atoms with Crippen LogP contribution in [0.3, 0.4) is 0 Å². The lowest BCUT2D eigenvalue weighted by atomic mass is 10.1. The third kappa shape index (κ3) is 2.27. The molecule has 2 aromatic heterocycles. The van der Waals surface area contributed by atoms with Gasteiger partial charge in [0.1, 0.15) is 5.69 Å². The standard InChI is InChI=1S/C11H9N7OS/c12-15-8-5-9(10(19)14-11-16-17-18-20-11)13-7-4-2-1-3-6(7)8/h1-5H,12H2,(H,13,15)(H,14,16,18,19). The van der Waals surface area contributed by atoms with Crippen LogP contribution in [0, 0.1) is 0 Å². The minimum Gasteiger partial charge on any atom is -0.323 e. The van der Waals surface area contributed by atoms with E-state index >= 15 is 0 Å². The Kier molecular flexibility index (Phi) is 3.19. The highest BCUT2D eigenvalue weighted by Gasteiger charge is 2.13. The zero-order valence-corrected chi connectivity index (χ0v) is 10.9. The molecular weight excluding hydrogens is 278 g/mol. The number of nitrogens with one attached hydrogen (secondary N) is 2. The average Bonchev–Trinajstić information content (AvgIpc) is 2.99. The maximum absolute atomic E-state index is 12.1. The summed E-state index contributed by atoms with van der Waals surface area (Å²) in [4.78, 5) is 16.4. The van der Waals surface area contributed by atoms with Crippen molar-refractivity contribution in [1.82, 2.24) is 19.8 Å². The molecule has 0 spiro atoms. The summed E-state index contributed by atoms with van der Waals surface area (Å²) in [5.41, 5.74) is 4.09. The highest BCUT2D eigenvalue weighted by Crippen LogP contribution is 2.22. The number of benzene rings is 1. The molecule has 0 unspecified atom stereocenters. The molecule has 3 aromatic rings. The van der Waals surface area contributed by atoms with Crippen LogP contribution in [0.5, 0.6) is 0 Å². The monoisotopic (exact) mass is 287 g/mol. The van der Waals surface area contributed by atoms with Gasteiger partial charge in [0, 0.05) is 16.9 Å². The molecule has 8 nitrogen and oxygen atoms in total. The van der Waals surface area contributed by atoms with E-state index in [1.165, 1.54) is 0 Å². The summed E-state index contributed by atoms with van der Waals surface area (Å²) in [6.45, 7) is 0. The Balaban J connectivity index is 2.01. The summed E-state index contributed by atoms with van der Waals surface area (Å²) in [6, 6.07) is 8.96. The average molecular weight is 287 g/mol. The molecule has 4 N–H and O–H groups in total. The summed E-state index contributed by atoms with van der Waals surface area (Å²) in [7, 11) is 0. The number of aromatic nitrogens is 4. The van der Waals surface area contributed by atoms with Crippen LogP contribution in [0.4, 0.5) is 10.8 Å². The van der Waals surface area contributed by atoms with Crippen molar-refractivity contribution in [2.75, 3.05) is 10.7 Å². The molecule has 0 saturated heterocycles. The molecule has 2 heterocycles. The Labute approximate surface area is 117 Å². The topological polar surface area (TPSA) is 119 Å². The van der Waals surface area contributed by atoms with E-state index < -0.39 is 5.91 Å². The Morgan fingerprint density at radius 2 is 2.15 bits per heavy atom. The number of carbonyl (C=O) groups is 1. The first-order valence-corrected chi connectivity index (χ1v) is 6.38. The van der Waals surface area contributed by atoms with E-state index in [2.05, 4.69) is 30.5 Å². The molecule has 100 valence electrons. The molecule has 0 saturated carbocycles. The predicted octanol–water partition coefficient (Wildman–Crippen LogP) is 1.02. The van der Waals surface area contributed by atoms with E-state index in [1.54, 1.807) is 12.1 Å². The molecule has 0 aliphatic carbocycles. The Hall–Kier alpha value is -2.65. The number of rotatable bonds is 3. The van der Waals surface area contributed by atoms with E-state index in [0.29, 0.717) is 16.3 Å². The SMILES string of the molecule is NNc1cc(C(=O)Nc2nnns2)nc2ccccc12. The van der Waals surface area contributed by atoms with Crippen LogP contribution in [-0.2, 0) is 0 Å². The van der Waals surface area contributed by atoms with E-state index in [0.717, 1.165) is 16.9 Å². The lowest BCUT2D eigenvalue weighted by molar-refractivity contribution is 0.102. The number of pyridine rings is 1. The fourth-order valence-corrected chi connectivity index (χ4v) is 2.12. The van der Waals surface area contributed by atoms with Crippen LogP contribution in [0.25, 0.3) is 10.9 Å². The van der Waals surface area contributed by atoms with Gasteiger partial charge in [-0.25, -0.2) is 4.98 Å². The minimum atomic E-state index is -0.397. The molecule has 0 radical (unpaired) electrons. The van der Waals surface area contributed by atoms with Gasteiger partial charge in [-0.05, 0) is 17.3 Å². The predicted molar refractivity (Wildman–Crippen MR) is 75.2 cm³/mol. The van der Waals surface area contributed by atoms with E-state index in [9.17, 15) is 4.79 Å². The summed E-state index contributed by atoms with van der Waals surface area (Å²) in [5, 5.41) is 10.8. The molecular formula is C11H9N7OS. The summed E-state index contributed by atoms with van der Waals surface area (Å²) in [5.74, 6) is 5.08. The molecule has 9 heteroatoms. The van der Waals surface area contributed by atoms with Gasteiger partial charge in [-0.15, -0.1) is 0 Å². The molecule has 0 aliphatic heterocycles. The van der Waals surface area contributed by atoms with Gasteiger partial charge in [0.2, 0.25) is 5.13 Å². The van der Waals surface area contributed by atoms with E-state index in [1.807, 2.05) is 18.2 Å². The van der Waals surface area contributed by atoms with Crippen LogP contribution in [0.2, 0.25) is 0 Å². The van der Waals surface area contributed by atoms with Crippen molar-refractivity contribution in [3.63, 3.8) is 0 Å². The number of nitrogens with two attached hydrogens (primary N) is 1. The first-order valence-electron chi connectivity index (χ1n) is 5.61. The molecule has 0 bridgehead atoms. The number of amides is 1. The van der Waals surface area contributed by atoms with Crippen molar-refractivity contribution < 1.29 is 4.79 Å². The highest BCUT2D eigenvalue weighted by molar-refractivity contribution is 7.09. The molecule has 0 fully saturated rings. The molecule has 20 heavy (non-hydrogen) atoms. The second-order valence-corrected chi connectivity index (χ2v) is 4.57. The molecule has 1 aromatic carbocycles. The fourth-order valence-electron chi connectivity index (χ4n) is 1.75. The van der Waals surface area contributed by atoms with Crippen LogP contribution in [-0.4, -0.2) is 25.7 Å². The highest BCUT2D eigenvalue weighted by atomic mass is 32.1. The third-order valence-corrected chi connectivity index (χ3v) is 3.14.